The fourth-order valence-corrected chi connectivity index (χ4v) is 5.85. The number of hydrogen-bond donors (Lipinski definition) is 1. The number of halogens is 1. The van der Waals surface area contributed by atoms with Gasteiger partial charge in [-0.3, -0.25) is 13.9 Å². The van der Waals surface area contributed by atoms with Crippen LogP contribution in [0.5, 0.6) is 0 Å². The van der Waals surface area contributed by atoms with Gasteiger partial charge in [0.1, 0.15) is 12.6 Å². The van der Waals surface area contributed by atoms with E-state index in [2.05, 4.69) is 5.32 Å². The van der Waals surface area contributed by atoms with Crippen molar-refractivity contribution >= 4 is 39.1 Å². The molecule has 3 aromatic carbocycles. The van der Waals surface area contributed by atoms with Crippen LogP contribution >= 0.6 is 11.6 Å². The molecule has 0 bridgehead atoms. The van der Waals surface area contributed by atoms with Gasteiger partial charge in [0.05, 0.1) is 10.6 Å². The number of nitrogens with zero attached hydrogens (tertiary/aromatic N) is 2. The first kappa shape index (κ1) is 31.2. The molecule has 9 heteroatoms. The predicted octanol–water partition coefficient (Wildman–Crippen LogP) is 5.87. The quantitative estimate of drug-likeness (QED) is 0.289. The number of rotatable bonds is 12. The smallest absolute Gasteiger partial charge is 0.264 e. The number of amides is 2. The average Bonchev–Trinajstić information content (AvgIpc) is 2.93. The van der Waals surface area contributed by atoms with Crippen LogP contribution in [0.4, 0.5) is 5.69 Å². The Morgan fingerprint density at radius 1 is 0.900 bits per heavy atom. The molecule has 3 rings (SSSR count). The van der Waals surface area contributed by atoms with Crippen molar-refractivity contribution in [2.45, 2.75) is 71.0 Å². The van der Waals surface area contributed by atoms with Crippen LogP contribution in [0.2, 0.25) is 5.02 Å². The van der Waals surface area contributed by atoms with E-state index < -0.39 is 28.5 Å². The van der Waals surface area contributed by atoms with E-state index >= 15 is 0 Å². The highest BCUT2D eigenvalue weighted by atomic mass is 35.5. The number of anilines is 1. The lowest BCUT2D eigenvalue weighted by atomic mass is 10.1. The molecule has 1 N–H and O–H groups in total. The molecule has 7 nitrogen and oxygen atoms in total. The molecule has 2 amide bonds. The van der Waals surface area contributed by atoms with Crippen molar-refractivity contribution < 1.29 is 18.0 Å². The number of hydrogen-bond acceptors (Lipinski definition) is 4. The maximum atomic E-state index is 14.1. The molecule has 214 valence electrons. The molecule has 3 aromatic rings. The highest BCUT2D eigenvalue weighted by molar-refractivity contribution is 7.92. The third-order valence-corrected chi connectivity index (χ3v) is 9.03. The van der Waals surface area contributed by atoms with Gasteiger partial charge in [0.2, 0.25) is 11.8 Å². The third kappa shape index (κ3) is 7.64. The van der Waals surface area contributed by atoms with Crippen LogP contribution in [0, 0.1) is 13.8 Å². The molecule has 40 heavy (non-hydrogen) atoms. The van der Waals surface area contributed by atoms with Crippen LogP contribution in [-0.4, -0.2) is 43.8 Å². The van der Waals surface area contributed by atoms with Crippen molar-refractivity contribution in [2.24, 2.45) is 0 Å². The summed E-state index contributed by atoms with van der Waals surface area (Å²) in [6.07, 6.45) is 1.11. The summed E-state index contributed by atoms with van der Waals surface area (Å²) in [6.45, 7) is 9.27. The van der Waals surface area contributed by atoms with E-state index in [1.54, 1.807) is 24.3 Å². The molecule has 0 aliphatic heterocycles. The van der Waals surface area contributed by atoms with Crippen LogP contribution < -0.4 is 9.62 Å². The van der Waals surface area contributed by atoms with Crippen molar-refractivity contribution in [3.8, 4) is 0 Å². The Balaban J connectivity index is 2.06. The normalized spacial score (nSPS) is 12.8. The van der Waals surface area contributed by atoms with E-state index in [1.807, 2.05) is 58.9 Å². The monoisotopic (exact) mass is 583 g/mol. The number of sulfonamides is 1. The largest absolute Gasteiger partial charge is 0.352 e. The van der Waals surface area contributed by atoms with Gasteiger partial charge in [0.15, 0.2) is 0 Å². The first-order valence-electron chi connectivity index (χ1n) is 13.5. The Morgan fingerprint density at radius 2 is 1.52 bits per heavy atom. The molecule has 0 unspecified atom stereocenters. The van der Waals surface area contributed by atoms with Gasteiger partial charge in [-0.1, -0.05) is 67.4 Å². The van der Waals surface area contributed by atoms with Gasteiger partial charge in [-0.25, -0.2) is 8.42 Å². The summed E-state index contributed by atoms with van der Waals surface area (Å²) in [7, 11) is -4.14. The topological polar surface area (TPSA) is 86.8 Å². The summed E-state index contributed by atoms with van der Waals surface area (Å²) in [5.74, 6) is -0.742. The van der Waals surface area contributed by atoms with Crippen LogP contribution in [0.3, 0.4) is 0 Å². The summed E-state index contributed by atoms with van der Waals surface area (Å²) in [5, 5.41) is 3.39. The molecule has 0 heterocycles. The molecule has 0 fully saturated rings. The zero-order chi connectivity index (χ0) is 29.4. The van der Waals surface area contributed by atoms with Crippen molar-refractivity contribution in [3.63, 3.8) is 0 Å². The van der Waals surface area contributed by atoms with Gasteiger partial charge in [-0.05, 0) is 81.1 Å². The lowest BCUT2D eigenvalue weighted by Crippen LogP contribution is -2.53. The van der Waals surface area contributed by atoms with Crippen LogP contribution in [0.15, 0.2) is 77.7 Å². The van der Waals surface area contributed by atoms with E-state index in [4.69, 9.17) is 11.6 Å². The third-order valence-electron chi connectivity index (χ3n) is 6.99. The van der Waals surface area contributed by atoms with Gasteiger partial charge in [-0.2, -0.15) is 0 Å². The van der Waals surface area contributed by atoms with E-state index in [9.17, 15) is 18.0 Å². The number of benzene rings is 3. The zero-order valence-electron chi connectivity index (χ0n) is 23.7. The second-order valence-electron chi connectivity index (χ2n) is 9.99. The van der Waals surface area contributed by atoms with Crippen LogP contribution in [-0.2, 0) is 26.2 Å². The zero-order valence-corrected chi connectivity index (χ0v) is 25.3. The number of nitrogens with one attached hydrogen (secondary N) is 1. The molecule has 0 saturated carbocycles. The summed E-state index contributed by atoms with van der Waals surface area (Å²) < 4.78 is 28.9. The molecule has 2 atom stereocenters. The first-order valence-corrected chi connectivity index (χ1v) is 15.3. The molecule has 0 spiro atoms. The van der Waals surface area contributed by atoms with Gasteiger partial charge in [-0.15, -0.1) is 0 Å². The van der Waals surface area contributed by atoms with E-state index in [0.717, 1.165) is 27.4 Å². The number of carbonyl (C=O) groups excluding carboxylic acids is 2. The van der Waals surface area contributed by atoms with Crippen LogP contribution in [0.25, 0.3) is 0 Å². The molecule has 0 saturated heterocycles. The van der Waals surface area contributed by atoms with E-state index in [1.165, 1.54) is 29.2 Å². The van der Waals surface area contributed by atoms with Crippen molar-refractivity contribution in [1.29, 1.82) is 0 Å². The summed E-state index contributed by atoms with van der Waals surface area (Å²) in [5.41, 5.74) is 3.16. The van der Waals surface area contributed by atoms with E-state index in [-0.39, 0.29) is 23.4 Å². The minimum atomic E-state index is -4.14. The Kier molecular flexibility index (Phi) is 10.8. The predicted molar refractivity (Wildman–Crippen MR) is 161 cm³/mol. The summed E-state index contributed by atoms with van der Waals surface area (Å²) in [6, 6.07) is 19.6. The standard InChI is InChI=1S/C31H38ClN3O4S/c1-6-24(5)33-31(37)29(7-2)34(20-25-11-9-8-10-23(25)4)30(36)21-35(27-16-12-22(3)13-17-27)40(38,39)28-18-14-26(32)15-19-28/h8-19,24,29H,6-7,20-21H2,1-5H3,(H,33,37)/t24-,29+/m0/s1. The van der Waals surface area contributed by atoms with E-state index in [0.29, 0.717) is 17.1 Å². The first-order chi connectivity index (χ1) is 19.0. The summed E-state index contributed by atoms with van der Waals surface area (Å²) >= 11 is 6.01. The second-order valence-corrected chi connectivity index (χ2v) is 12.3. The number of aryl methyl sites for hydroxylation is 2. The Morgan fingerprint density at radius 3 is 2.10 bits per heavy atom. The summed E-state index contributed by atoms with van der Waals surface area (Å²) in [4.78, 5) is 29.0. The average molecular weight is 584 g/mol. The maximum absolute atomic E-state index is 14.1. The fourth-order valence-electron chi connectivity index (χ4n) is 4.31. The molecular weight excluding hydrogens is 546 g/mol. The van der Waals surface area contributed by atoms with Crippen molar-refractivity contribution in [3.05, 3.63) is 94.5 Å². The minimum Gasteiger partial charge on any atom is -0.352 e. The lowest BCUT2D eigenvalue weighted by Gasteiger charge is -2.34. The molecule has 0 radical (unpaired) electrons. The Labute approximate surface area is 243 Å². The lowest BCUT2D eigenvalue weighted by molar-refractivity contribution is -0.140. The highest BCUT2D eigenvalue weighted by Crippen LogP contribution is 2.26. The highest BCUT2D eigenvalue weighted by Gasteiger charge is 2.34. The van der Waals surface area contributed by atoms with Gasteiger partial charge in [0.25, 0.3) is 10.0 Å². The Bertz CT molecular complexity index is 1410. The van der Waals surface area contributed by atoms with Gasteiger partial charge >= 0.3 is 0 Å². The van der Waals surface area contributed by atoms with Crippen LogP contribution in [0.1, 0.15) is 50.3 Å². The SMILES string of the molecule is CC[C@H](C(=O)N[C@@H](C)CC)N(Cc1ccccc1C)C(=O)CN(c1ccc(C)cc1)S(=O)(=O)c1ccc(Cl)cc1. The maximum Gasteiger partial charge on any atom is 0.264 e. The Hall–Kier alpha value is -3.36. The molecular formula is C31H38ClN3O4S. The van der Waals surface area contributed by atoms with Crippen molar-refractivity contribution in [1.82, 2.24) is 10.2 Å². The van der Waals surface area contributed by atoms with Gasteiger partial charge < -0.3 is 10.2 Å². The fraction of sp³-hybridized carbons (Fsp3) is 0.355. The molecule has 0 aromatic heterocycles. The van der Waals surface area contributed by atoms with Gasteiger partial charge in [0, 0.05) is 17.6 Å². The van der Waals surface area contributed by atoms with Crippen molar-refractivity contribution in [2.75, 3.05) is 10.8 Å². The minimum absolute atomic E-state index is 0.0114. The molecule has 0 aliphatic carbocycles. The molecule has 0 aliphatic rings. The number of carbonyl (C=O) groups is 2. The second kappa shape index (κ2) is 13.8.